The van der Waals surface area contributed by atoms with Crippen LogP contribution in [0, 0.1) is 10.1 Å². The Labute approximate surface area is 132 Å². The van der Waals surface area contributed by atoms with Gasteiger partial charge in [0.25, 0.3) is 5.69 Å². The van der Waals surface area contributed by atoms with E-state index in [4.69, 9.17) is 11.6 Å². The van der Waals surface area contributed by atoms with Crippen molar-refractivity contribution in [3.05, 3.63) is 49.7 Å². The highest BCUT2D eigenvalue weighted by Gasteiger charge is 2.13. The molecule has 0 fully saturated rings. The Morgan fingerprint density at radius 3 is 2.71 bits per heavy atom. The highest BCUT2D eigenvalue weighted by Crippen LogP contribution is 2.29. The Bertz CT molecular complexity index is 645. The largest absolute Gasteiger partial charge is 0.385 e. The van der Waals surface area contributed by atoms with Crippen LogP contribution in [0.4, 0.5) is 17.1 Å². The van der Waals surface area contributed by atoms with Gasteiger partial charge in [0.2, 0.25) is 0 Å². The summed E-state index contributed by atoms with van der Waals surface area (Å²) in [5, 5.41) is 14.2. The summed E-state index contributed by atoms with van der Waals surface area (Å²) in [5.41, 5.74) is 1.63. The van der Waals surface area contributed by atoms with Crippen molar-refractivity contribution in [1.29, 1.82) is 0 Å². The van der Waals surface area contributed by atoms with E-state index in [9.17, 15) is 10.1 Å². The van der Waals surface area contributed by atoms with E-state index in [-0.39, 0.29) is 10.6 Å². The summed E-state index contributed by atoms with van der Waals surface area (Å²) in [4.78, 5) is 13.7. The summed E-state index contributed by atoms with van der Waals surface area (Å²) < 4.78 is 0.741. The zero-order valence-corrected chi connectivity index (χ0v) is 13.4. The van der Waals surface area contributed by atoms with Crippen molar-refractivity contribution in [1.82, 2.24) is 0 Å². The van der Waals surface area contributed by atoms with Crippen molar-refractivity contribution in [2.24, 2.45) is 0 Å². The summed E-state index contributed by atoms with van der Waals surface area (Å²) in [5.74, 6) is 0. The van der Waals surface area contributed by atoms with Crippen LogP contribution in [0.25, 0.3) is 0 Å². The Morgan fingerprint density at radius 1 is 1.38 bits per heavy atom. The van der Waals surface area contributed by atoms with E-state index in [1.165, 1.54) is 11.3 Å². The SMILES string of the molecule is CCNc1cc(N(C)Cc2ccc(Cl)s2)cc([N+](=O)[O-])c1. The maximum absolute atomic E-state index is 11.0. The lowest BCUT2D eigenvalue weighted by Gasteiger charge is -2.19. The first-order valence-corrected chi connectivity index (χ1v) is 7.67. The molecular weight excluding hydrogens is 310 g/mol. The second-order valence-electron chi connectivity index (χ2n) is 4.59. The molecule has 0 unspecified atom stereocenters. The van der Waals surface area contributed by atoms with Crippen LogP contribution in [-0.4, -0.2) is 18.5 Å². The molecule has 0 saturated carbocycles. The summed E-state index contributed by atoms with van der Waals surface area (Å²) in [6, 6.07) is 8.85. The van der Waals surface area contributed by atoms with Crippen molar-refractivity contribution in [2.45, 2.75) is 13.5 Å². The summed E-state index contributed by atoms with van der Waals surface area (Å²) in [6.45, 7) is 3.32. The molecule has 5 nitrogen and oxygen atoms in total. The number of anilines is 2. The normalized spacial score (nSPS) is 10.4. The predicted octanol–water partition coefficient (Wildman–Crippen LogP) is 4.38. The molecule has 7 heteroatoms. The minimum absolute atomic E-state index is 0.0829. The van der Waals surface area contributed by atoms with Crippen LogP contribution in [-0.2, 0) is 6.54 Å². The quantitative estimate of drug-likeness (QED) is 0.632. The smallest absolute Gasteiger partial charge is 0.273 e. The fourth-order valence-electron chi connectivity index (χ4n) is 1.99. The average molecular weight is 326 g/mol. The van der Waals surface area contributed by atoms with Gasteiger partial charge in [0, 0.05) is 42.0 Å². The number of hydrogen-bond donors (Lipinski definition) is 1. The predicted molar refractivity (Wildman–Crippen MR) is 88.7 cm³/mol. The second-order valence-corrected chi connectivity index (χ2v) is 6.39. The highest BCUT2D eigenvalue weighted by molar-refractivity contribution is 7.16. The molecule has 1 aromatic carbocycles. The van der Waals surface area contributed by atoms with Crippen LogP contribution in [0.5, 0.6) is 0 Å². The first kappa shape index (κ1) is 15.6. The Morgan fingerprint density at radius 2 is 2.14 bits per heavy atom. The fraction of sp³-hybridized carbons (Fsp3) is 0.286. The van der Waals surface area contributed by atoms with Gasteiger partial charge in [0.1, 0.15) is 0 Å². The van der Waals surface area contributed by atoms with Gasteiger partial charge in [0.05, 0.1) is 15.8 Å². The molecule has 0 amide bonds. The number of non-ortho nitro benzene ring substituents is 1. The molecule has 1 aromatic heterocycles. The van der Waals surface area contributed by atoms with E-state index < -0.39 is 0 Å². The van der Waals surface area contributed by atoms with Gasteiger partial charge in [-0.25, -0.2) is 0 Å². The van der Waals surface area contributed by atoms with Gasteiger partial charge in [-0.2, -0.15) is 0 Å². The van der Waals surface area contributed by atoms with Crippen molar-refractivity contribution in [3.63, 3.8) is 0 Å². The van der Waals surface area contributed by atoms with Crippen molar-refractivity contribution in [3.8, 4) is 0 Å². The van der Waals surface area contributed by atoms with E-state index in [0.717, 1.165) is 20.6 Å². The highest BCUT2D eigenvalue weighted by atomic mass is 35.5. The van der Waals surface area contributed by atoms with E-state index in [2.05, 4.69) is 5.32 Å². The molecule has 0 aliphatic rings. The molecule has 0 atom stereocenters. The first-order valence-electron chi connectivity index (χ1n) is 6.48. The zero-order valence-electron chi connectivity index (χ0n) is 11.8. The molecule has 0 bridgehead atoms. The van der Waals surface area contributed by atoms with Crippen molar-refractivity contribution < 1.29 is 4.92 Å². The third-order valence-electron chi connectivity index (χ3n) is 2.96. The molecule has 112 valence electrons. The number of nitro groups is 1. The van der Waals surface area contributed by atoms with Crippen LogP contribution < -0.4 is 10.2 Å². The Hall–Kier alpha value is -1.79. The van der Waals surface area contributed by atoms with Gasteiger partial charge in [-0.05, 0) is 25.1 Å². The number of nitro benzene ring substituents is 1. The van der Waals surface area contributed by atoms with Gasteiger partial charge in [-0.3, -0.25) is 10.1 Å². The van der Waals surface area contributed by atoms with Gasteiger partial charge in [-0.15, -0.1) is 11.3 Å². The summed E-state index contributed by atoms with van der Waals surface area (Å²) in [7, 11) is 1.91. The number of nitrogens with zero attached hydrogens (tertiary/aromatic N) is 2. The maximum atomic E-state index is 11.0. The van der Waals surface area contributed by atoms with Crippen molar-refractivity contribution in [2.75, 3.05) is 23.8 Å². The van der Waals surface area contributed by atoms with Crippen LogP contribution in [0.3, 0.4) is 0 Å². The minimum Gasteiger partial charge on any atom is -0.385 e. The summed E-state index contributed by atoms with van der Waals surface area (Å²) in [6.07, 6.45) is 0. The molecule has 1 N–H and O–H groups in total. The van der Waals surface area contributed by atoms with Gasteiger partial charge in [-0.1, -0.05) is 11.6 Å². The maximum Gasteiger partial charge on any atom is 0.273 e. The molecule has 21 heavy (non-hydrogen) atoms. The first-order chi connectivity index (χ1) is 9.99. The standard InChI is InChI=1S/C14H16ClN3O2S/c1-3-16-10-6-11(8-12(7-10)18(19)20)17(2)9-13-4-5-14(15)21-13/h4-8,16H,3,9H2,1-2H3. The van der Waals surface area contributed by atoms with E-state index in [0.29, 0.717) is 13.1 Å². The summed E-state index contributed by atoms with van der Waals surface area (Å²) >= 11 is 7.43. The number of benzene rings is 1. The van der Waals surface area contributed by atoms with E-state index >= 15 is 0 Å². The number of thiophene rings is 1. The van der Waals surface area contributed by atoms with E-state index in [1.54, 1.807) is 12.1 Å². The molecule has 1 heterocycles. The van der Waals surface area contributed by atoms with Crippen LogP contribution in [0.15, 0.2) is 30.3 Å². The molecule has 0 saturated heterocycles. The molecule has 2 aromatic rings. The third-order valence-corrected chi connectivity index (χ3v) is 4.17. The lowest BCUT2D eigenvalue weighted by atomic mass is 10.2. The lowest BCUT2D eigenvalue weighted by molar-refractivity contribution is -0.384. The minimum atomic E-state index is -0.375. The average Bonchev–Trinajstić information content (AvgIpc) is 2.84. The van der Waals surface area contributed by atoms with Gasteiger partial charge in [0.15, 0.2) is 0 Å². The van der Waals surface area contributed by atoms with Crippen LogP contribution in [0.2, 0.25) is 4.34 Å². The molecule has 0 aliphatic heterocycles. The van der Waals surface area contributed by atoms with Crippen molar-refractivity contribution >= 4 is 40.0 Å². The Balaban J connectivity index is 2.26. The van der Waals surface area contributed by atoms with Crippen LogP contribution >= 0.6 is 22.9 Å². The number of hydrogen-bond acceptors (Lipinski definition) is 5. The number of nitrogens with one attached hydrogen (secondary N) is 1. The monoisotopic (exact) mass is 325 g/mol. The number of rotatable bonds is 6. The molecular formula is C14H16ClN3O2S. The lowest BCUT2D eigenvalue weighted by Crippen LogP contribution is -2.16. The molecule has 0 radical (unpaired) electrons. The van der Waals surface area contributed by atoms with Gasteiger partial charge < -0.3 is 10.2 Å². The fourth-order valence-corrected chi connectivity index (χ4v) is 3.13. The molecule has 0 spiro atoms. The van der Waals surface area contributed by atoms with Gasteiger partial charge >= 0.3 is 0 Å². The zero-order chi connectivity index (χ0) is 15.4. The second kappa shape index (κ2) is 6.78. The topological polar surface area (TPSA) is 58.4 Å². The molecule has 2 rings (SSSR count). The van der Waals surface area contributed by atoms with E-state index in [1.807, 2.05) is 37.1 Å². The number of halogens is 1. The molecule has 0 aliphatic carbocycles. The van der Waals surface area contributed by atoms with Crippen LogP contribution in [0.1, 0.15) is 11.8 Å². The Kier molecular flexibility index (Phi) is 5.03. The third kappa shape index (κ3) is 4.09.